The van der Waals surface area contributed by atoms with Gasteiger partial charge in [-0.2, -0.15) is 0 Å². The lowest BCUT2D eigenvalue weighted by Crippen LogP contribution is -2.29. The van der Waals surface area contributed by atoms with Crippen molar-refractivity contribution in [1.29, 1.82) is 0 Å². The van der Waals surface area contributed by atoms with Crippen molar-refractivity contribution in [3.05, 3.63) is 64.7 Å². The number of methoxy groups -OCH3 is 1. The second-order valence-corrected chi connectivity index (χ2v) is 5.69. The van der Waals surface area contributed by atoms with Crippen LogP contribution in [-0.4, -0.2) is 18.8 Å². The lowest BCUT2D eigenvalue weighted by molar-refractivity contribution is 0.204. The molecule has 106 valence electrons. The molecule has 0 amide bonds. The molecule has 0 fully saturated rings. The number of rotatable bonds is 5. The summed E-state index contributed by atoms with van der Waals surface area (Å²) >= 11 is 6.02. The van der Waals surface area contributed by atoms with E-state index in [-0.39, 0.29) is 12.0 Å². The average molecular weight is 291 g/mol. The van der Waals surface area contributed by atoms with Gasteiger partial charge in [0.2, 0.25) is 0 Å². The van der Waals surface area contributed by atoms with E-state index in [1.54, 1.807) is 7.11 Å². The zero-order chi connectivity index (χ0) is 14.6. The van der Waals surface area contributed by atoms with Crippen LogP contribution in [0.15, 0.2) is 48.5 Å². The summed E-state index contributed by atoms with van der Waals surface area (Å²) in [5.74, 6) is 0.816. The Kier molecular flexibility index (Phi) is 4.69. The molecule has 0 aliphatic rings. The fourth-order valence-corrected chi connectivity index (χ4v) is 2.55. The molecular weight excluding hydrogens is 272 g/mol. The average Bonchev–Trinajstić information content (AvgIpc) is 2.47. The predicted octanol–water partition coefficient (Wildman–Crippen LogP) is 3.84. The standard InChI is InChI=1S/C17H19ClO2/c1-17(12-19,11-13-4-3-5-15(18)10-13)14-6-8-16(20-2)9-7-14/h3-10,19H,11-12H2,1-2H3. The zero-order valence-corrected chi connectivity index (χ0v) is 12.5. The molecular formula is C17H19ClO2. The Morgan fingerprint density at radius 3 is 2.40 bits per heavy atom. The minimum atomic E-state index is -0.336. The van der Waals surface area contributed by atoms with Crippen LogP contribution in [0.2, 0.25) is 5.02 Å². The summed E-state index contributed by atoms with van der Waals surface area (Å²) in [5.41, 5.74) is 1.86. The smallest absolute Gasteiger partial charge is 0.118 e. The van der Waals surface area contributed by atoms with Crippen LogP contribution in [0.4, 0.5) is 0 Å². The van der Waals surface area contributed by atoms with Crippen molar-refractivity contribution in [2.24, 2.45) is 0 Å². The van der Waals surface area contributed by atoms with Crippen molar-refractivity contribution in [2.45, 2.75) is 18.8 Å². The number of aliphatic hydroxyl groups excluding tert-OH is 1. The highest BCUT2D eigenvalue weighted by Gasteiger charge is 2.26. The highest BCUT2D eigenvalue weighted by Crippen LogP contribution is 2.30. The van der Waals surface area contributed by atoms with Crippen molar-refractivity contribution in [3.63, 3.8) is 0 Å². The second kappa shape index (κ2) is 6.29. The van der Waals surface area contributed by atoms with E-state index in [0.29, 0.717) is 0 Å². The fourth-order valence-electron chi connectivity index (χ4n) is 2.34. The summed E-state index contributed by atoms with van der Waals surface area (Å²) in [6, 6.07) is 15.6. The lowest BCUT2D eigenvalue weighted by Gasteiger charge is -2.28. The molecule has 0 spiro atoms. The summed E-state index contributed by atoms with van der Waals surface area (Å²) in [6.07, 6.45) is 0.733. The van der Waals surface area contributed by atoms with Crippen LogP contribution >= 0.6 is 11.6 Å². The highest BCUT2D eigenvalue weighted by molar-refractivity contribution is 6.30. The summed E-state index contributed by atoms with van der Waals surface area (Å²) < 4.78 is 5.17. The molecule has 2 rings (SSSR count). The summed E-state index contributed by atoms with van der Waals surface area (Å²) in [6.45, 7) is 2.13. The van der Waals surface area contributed by atoms with Crippen molar-refractivity contribution in [2.75, 3.05) is 13.7 Å². The molecule has 2 aromatic rings. The largest absolute Gasteiger partial charge is 0.497 e. The molecule has 2 nitrogen and oxygen atoms in total. The summed E-state index contributed by atoms with van der Waals surface area (Å²) in [4.78, 5) is 0. The Labute approximate surface area is 125 Å². The Morgan fingerprint density at radius 1 is 1.15 bits per heavy atom. The molecule has 0 saturated carbocycles. The molecule has 1 N–H and O–H groups in total. The van der Waals surface area contributed by atoms with Gasteiger partial charge in [0.05, 0.1) is 13.7 Å². The third-order valence-corrected chi connectivity index (χ3v) is 3.85. The number of hydrogen-bond acceptors (Lipinski definition) is 2. The normalized spacial score (nSPS) is 13.8. The predicted molar refractivity (Wildman–Crippen MR) is 82.6 cm³/mol. The maximum atomic E-state index is 9.83. The van der Waals surface area contributed by atoms with Gasteiger partial charge in [-0.05, 0) is 41.8 Å². The van der Waals surface area contributed by atoms with Gasteiger partial charge in [0, 0.05) is 10.4 Å². The molecule has 1 unspecified atom stereocenters. The van der Waals surface area contributed by atoms with Crippen LogP contribution in [-0.2, 0) is 11.8 Å². The number of ether oxygens (including phenoxy) is 1. The maximum absolute atomic E-state index is 9.83. The number of hydrogen-bond donors (Lipinski definition) is 1. The van der Waals surface area contributed by atoms with Gasteiger partial charge in [0.15, 0.2) is 0 Å². The molecule has 3 heteroatoms. The number of aliphatic hydroxyl groups is 1. The van der Waals surface area contributed by atoms with E-state index in [1.807, 2.05) is 48.5 Å². The first-order valence-electron chi connectivity index (χ1n) is 6.57. The quantitative estimate of drug-likeness (QED) is 0.906. The van der Waals surface area contributed by atoms with Crippen molar-refractivity contribution < 1.29 is 9.84 Å². The number of halogens is 1. The fraction of sp³-hybridized carbons (Fsp3) is 0.294. The third kappa shape index (κ3) is 3.33. The van der Waals surface area contributed by atoms with E-state index < -0.39 is 0 Å². The minimum Gasteiger partial charge on any atom is -0.497 e. The van der Waals surface area contributed by atoms with Gasteiger partial charge in [-0.25, -0.2) is 0 Å². The van der Waals surface area contributed by atoms with Crippen molar-refractivity contribution in [1.82, 2.24) is 0 Å². The van der Waals surface area contributed by atoms with Gasteiger partial charge in [-0.15, -0.1) is 0 Å². The van der Waals surface area contributed by atoms with Crippen molar-refractivity contribution in [3.8, 4) is 5.75 Å². The molecule has 0 radical (unpaired) electrons. The minimum absolute atomic E-state index is 0.0752. The maximum Gasteiger partial charge on any atom is 0.118 e. The monoisotopic (exact) mass is 290 g/mol. The first kappa shape index (κ1) is 14.9. The van der Waals surface area contributed by atoms with E-state index in [4.69, 9.17) is 16.3 Å². The van der Waals surface area contributed by atoms with Crippen LogP contribution in [0.25, 0.3) is 0 Å². The first-order chi connectivity index (χ1) is 9.57. The third-order valence-electron chi connectivity index (χ3n) is 3.62. The molecule has 0 aliphatic heterocycles. The molecule has 0 aliphatic carbocycles. The topological polar surface area (TPSA) is 29.5 Å². The Bertz CT molecular complexity index is 565. The Morgan fingerprint density at radius 2 is 1.85 bits per heavy atom. The first-order valence-corrected chi connectivity index (χ1v) is 6.95. The SMILES string of the molecule is COc1ccc(C(C)(CO)Cc2cccc(Cl)c2)cc1. The summed E-state index contributed by atoms with van der Waals surface area (Å²) in [5, 5.41) is 10.6. The highest BCUT2D eigenvalue weighted by atomic mass is 35.5. The van der Waals surface area contributed by atoms with Crippen LogP contribution in [0.1, 0.15) is 18.1 Å². The molecule has 0 heterocycles. The van der Waals surface area contributed by atoms with Gasteiger partial charge in [-0.3, -0.25) is 0 Å². The van der Waals surface area contributed by atoms with Crippen LogP contribution in [0.3, 0.4) is 0 Å². The van der Waals surface area contributed by atoms with E-state index in [0.717, 1.165) is 28.3 Å². The van der Waals surface area contributed by atoms with E-state index in [1.165, 1.54) is 0 Å². The molecule has 2 aromatic carbocycles. The van der Waals surface area contributed by atoms with Gasteiger partial charge in [0.25, 0.3) is 0 Å². The lowest BCUT2D eigenvalue weighted by atomic mass is 9.78. The molecule has 20 heavy (non-hydrogen) atoms. The van der Waals surface area contributed by atoms with Gasteiger partial charge < -0.3 is 9.84 Å². The Balaban J connectivity index is 2.27. The molecule has 0 aromatic heterocycles. The van der Waals surface area contributed by atoms with E-state index >= 15 is 0 Å². The van der Waals surface area contributed by atoms with Gasteiger partial charge in [-0.1, -0.05) is 42.8 Å². The zero-order valence-electron chi connectivity index (χ0n) is 11.8. The Hall–Kier alpha value is -1.51. The van der Waals surface area contributed by atoms with Gasteiger partial charge in [0.1, 0.15) is 5.75 Å². The van der Waals surface area contributed by atoms with E-state index in [2.05, 4.69) is 6.92 Å². The van der Waals surface area contributed by atoms with Crippen molar-refractivity contribution >= 4 is 11.6 Å². The molecule has 0 saturated heterocycles. The summed E-state index contributed by atoms with van der Waals surface area (Å²) in [7, 11) is 1.65. The number of benzene rings is 2. The van der Waals surface area contributed by atoms with E-state index in [9.17, 15) is 5.11 Å². The second-order valence-electron chi connectivity index (χ2n) is 5.25. The van der Waals surface area contributed by atoms with Crippen LogP contribution in [0.5, 0.6) is 5.75 Å². The van der Waals surface area contributed by atoms with Crippen LogP contribution in [0, 0.1) is 0 Å². The molecule has 0 bridgehead atoms. The molecule has 1 atom stereocenters. The van der Waals surface area contributed by atoms with Crippen LogP contribution < -0.4 is 4.74 Å². The van der Waals surface area contributed by atoms with Gasteiger partial charge >= 0.3 is 0 Å².